The Hall–Kier alpha value is -3.44. The summed E-state index contributed by atoms with van der Waals surface area (Å²) in [5.41, 5.74) is 0.749. The fourth-order valence-electron chi connectivity index (χ4n) is 3.71. The Balaban J connectivity index is 1.39. The van der Waals surface area contributed by atoms with Gasteiger partial charge in [-0.3, -0.25) is 19.0 Å². The van der Waals surface area contributed by atoms with Crippen LogP contribution in [0.25, 0.3) is 10.2 Å². The number of carbonyl (C=O) groups excluding carboxylic acids is 2. The molecule has 3 aromatic rings. The predicted octanol–water partition coefficient (Wildman–Crippen LogP) is 1.61. The molecule has 4 heterocycles. The average Bonchev–Trinajstić information content (AvgIpc) is 3.40. The lowest BCUT2D eigenvalue weighted by Crippen LogP contribution is -2.43. The lowest BCUT2D eigenvalue weighted by atomic mass is 10.2. The van der Waals surface area contributed by atoms with Gasteiger partial charge in [-0.25, -0.2) is 4.98 Å². The average molecular weight is 456 g/mol. The van der Waals surface area contributed by atoms with Crippen LogP contribution in [0.2, 0.25) is 0 Å². The van der Waals surface area contributed by atoms with Crippen molar-refractivity contribution in [3.05, 3.63) is 45.3 Å². The van der Waals surface area contributed by atoms with Crippen LogP contribution in [0.4, 0.5) is 5.69 Å². The van der Waals surface area contributed by atoms with Gasteiger partial charge in [0.05, 0.1) is 29.8 Å². The zero-order valence-corrected chi connectivity index (χ0v) is 18.1. The highest BCUT2D eigenvalue weighted by molar-refractivity contribution is 7.20. The SMILES string of the molecule is Cc1c(C(=O)Nc2ccc3c(c2)OCO3)sc2ncn(CC(=O)N3CCOCC3)c(=O)c12. The summed E-state index contributed by atoms with van der Waals surface area (Å²) in [6.07, 6.45) is 1.36. The largest absolute Gasteiger partial charge is 0.454 e. The molecule has 0 aliphatic carbocycles. The van der Waals surface area contributed by atoms with Crippen LogP contribution in [0.15, 0.2) is 29.3 Å². The Morgan fingerprint density at radius 2 is 1.97 bits per heavy atom. The summed E-state index contributed by atoms with van der Waals surface area (Å²) >= 11 is 1.14. The number of ether oxygens (including phenoxy) is 3. The van der Waals surface area contributed by atoms with Gasteiger partial charge in [-0.15, -0.1) is 11.3 Å². The molecule has 2 aromatic heterocycles. The van der Waals surface area contributed by atoms with Crippen molar-refractivity contribution in [2.75, 3.05) is 38.4 Å². The Kier molecular flexibility index (Phi) is 5.27. The molecule has 1 fully saturated rings. The molecule has 5 rings (SSSR count). The van der Waals surface area contributed by atoms with Gasteiger partial charge in [0.25, 0.3) is 11.5 Å². The summed E-state index contributed by atoms with van der Waals surface area (Å²) in [6, 6.07) is 5.13. The fraction of sp³-hybridized carbons (Fsp3) is 0.333. The maximum Gasteiger partial charge on any atom is 0.266 e. The number of nitrogens with one attached hydrogen (secondary N) is 1. The maximum atomic E-state index is 13.1. The summed E-state index contributed by atoms with van der Waals surface area (Å²) in [7, 11) is 0. The van der Waals surface area contributed by atoms with Crippen LogP contribution in [-0.2, 0) is 16.1 Å². The number of hydrogen-bond donors (Lipinski definition) is 1. The molecule has 10 nitrogen and oxygen atoms in total. The van der Waals surface area contributed by atoms with Crippen LogP contribution >= 0.6 is 11.3 Å². The van der Waals surface area contributed by atoms with E-state index in [0.717, 1.165) is 11.3 Å². The summed E-state index contributed by atoms with van der Waals surface area (Å²) < 4.78 is 17.2. The molecule has 1 aromatic carbocycles. The van der Waals surface area contributed by atoms with Gasteiger partial charge in [0.1, 0.15) is 11.4 Å². The molecule has 2 aliphatic heterocycles. The molecule has 0 atom stereocenters. The molecule has 0 saturated carbocycles. The van der Waals surface area contributed by atoms with Gasteiger partial charge in [-0.1, -0.05) is 0 Å². The number of aromatic nitrogens is 2. The Labute approximate surface area is 186 Å². The lowest BCUT2D eigenvalue weighted by Gasteiger charge is -2.26. The van der Waals surface area contributed by atoms with Crippen molar-refractivity contribution in [1.82, 2.24) is 14.5 Å². The van der Waals surface area contributed by atoms with Crippen LogP contribution < -0.4 is 20.3 Å². The molecule has 2 amide bonds. The highest BCUT2D eigenvalue weighted by Crippen LogP contribution is 2.35. The molecule has 1 N–H and O–H groups in total. The number of benzene rings is 1. The molecular weight excluding hydrogens is 436 g/mol. The summed E-state index contributed by atoms with van der Waals surface area (Å²) in [4.78, 5) is 45.3. The van der Waals surface area contributed by atoms with Crippen LogP contribution in [-0.4, -0.2) is 59.4 Å². The first-order chi connectivity index (χ1) is 15.5. The number of carbonyl (C=O) groups is 2. The maximum absolute atomic E-state index is 13.1. The van der Waals surface area contributed by atoms with E-state index in [2.05, 4.69) is 10.3 Å². The molecule has 0 unspecified atom stereocenters. The first kappa shape index (κ1) is 20.5. The number of anilines is 1. The Morgan fingerprint density at radius 3 is 2.78 bits per heavy atom. The van der Waals surface area contributed by atoms with Crippen molar-refractivity contribution in [1.29, 1.82) is 0 Å². The first-order valence-electron chi connectivity index (χ1n) is 10.1. The minimum Gasteiger partial charge on any atom is -0.454 e. The van der Waals surface area contributed by atoms with Crippen LogP contribution in [0.1, 0.15) is 15.2 Å². The molecule has 1 saturated heterocycles. The Morgan fingerprint density at radius 1 is 1.19 bits per heavy atom. The van der Waals surface area contributed by atoms with Gasteiger partial charge in [-0.05, 0) is 24.6 Å². The topological polar surface area (TPSA) is 112 Å². The number of aryl methyl sites for hydroxylation is 1. The van der Waals surface area contributed by atoms with Crippen LogP contribution in [0, 0.1) is 6.92 Å². The van der Waals surface area contributed by atoms with Gasteiger partial charge < -0.3 is 24.4 Å². The second kappa shape index (κ2) is 8.24. The van der Waals surface area contributed by atoms with E-state index in [1.807, 2.05) is 0 Å². The van der Waals surface area contributed by atoms with E-state index in [-0.39, 0.29) is 30.7 Å². The number of thiophene rings is 1. The minimum atomic E-state index is -0.347. The predicted molar refractivity (Wildman–Crippen MR) is 117 cm³/mol. The summed E-state index contributed by atoms with van der Waals surface area (Å²) in [6.45, 7) is 3.75. The monoisotopic (exact) mass is 456 g/mol. The second-order valence-corrected chi connectivity index (χ2v) is 8.43. The molecule has 0 bridgehead atoms. The van der Waals surface area contributed by atoms with Crippen molar-refractivity contribution in [2.45, 2.75) is 13.5 Å². The number of rotatable bonds is 4. The highest BCUT2D eigenvalue weighted by Gasteiger charge is 2.23. The van der Waals surface area contributed by atoms with Gasteiger partial charge in [-0.2, -0.15) is 0 Å². The van der Waals surface area contributed by atoms with Crippen molar-refractivity contribution >= 4 is 39.1 Å². The third-order valence-corrected chi connectivity index (χ3v) is 6.62. The van der Waals surface area contributed by atoms with Crippen LogP contribution in [0.3, 0.4) is 0 Å². The smallest absolute Gasteiger partial charge is 0.266 e. The lowest BCUT2D eigenvalue weighted by molar-refractivity contribution is -0.135. The third-order valence-electron chi connectivity index (χ3n) is 5.42. The van der Waals surface area contributed by atoms with Crippen molar-refractivity contribution in [3.8, 4) is 11.5 Å². The zero-order valence-electron chi connectivity index (χ0n) is 17.3. The van der Waals surface area contributed by atoms with Gasteiger partial charge in [0.2, 0.25) is 12.7 Å². The molecule has 32 heavy (non-hydrogen) atoms. The van der Waals surface area contributed by atoms with E-state index >= 15 is 0 Å². The van der Waals surface area contributed by atoms with Crippen molar-refractivity contribution in [3.63, 3.8) is 0 Å². The van der Waals surface area contributed by atoms with E-state index in [1.54, 1.807) is 30.0 Å². The third kappa shape index (κ3) is 3.69. The quantitative estimate of drug-likeness (QED) is 0.635. The van der Waals surface area contributed by atoms with E-state index in [0.29, 0.717) is 64.1 Å². The first-order valence-corrected chi connectivity index (χ1v) is 10.9. The number of nitrogens with zero attached hydrogens (tertiary/aromatic N) is 3. The fourth-order valence-corrected chi connectivity index (χ4v) is 4.74. The molecule has 0 radical (unpaired) electrons. The highest BCUT2D eigenvalue weighted by atomic mass is 32.1. The van der Waals surface area contributed by atoms with E-state index < -0.39 is 0 Å². The zero-order chi connectivity index (χ0) is 22.2. The minimum absolute atomic E-state index is 0.101. The number of fused-ring (bicyclic) bond motifs is 2. The van der Waals surface area contributed by atoms with Crippen LogP contribution in [0.5, 0.6) is 11.5 Å². The molecule has 0 spiro atoms. The molecule has 11 heteroatoms. The van der Waals surface area contributed by atoms with Crippen molar-refractivity contribution < 1.29 is 23.8 Å². The van der Waals surface area contributed by atoms with E-state index in [9.17, 15) is 14.4 Å². The molecule has 166 valence electrons. The van der Waals surface area contributed by atoms with Crippen molar-refractivity contribution in [2.24, 2.45) is 0 Å². The van der Waals surface area contributed by atoms with Gasteiger partial charge >= 0.3 is 0 Å². The summed E-state index contributed by atoms with van der Waals surface area (Å²) in [5.74, 6) is 0.674. The second-order valence-electron chi connectivity index (χ2n) is 7.43. The molecule has 2 aliphatic rings. The Bertz CT molecular complexity index is 1280. The van der Waals surface area contributed by atoms with E-state index in [1.165, 1.54) is 10.9 Å². The summed E-state index contributed by atoms with van der Waals surface area (Å²) in [5, 5.41) is 3.18. The molecular formula is C21H20N4O6S. The van der Waals surface area contributed by atoms with Gasteiger partial charge in [0, 0.05) is 24.8 Å². The van der Waals surface area contributed by atoms with E-state index in [4.69, 9.17) is 14.2 Å². The number of amides is 2. The standard InChI is InChI=1S/C21H20N4O6S/c1-12-17-20(22-10-25(21(17)28)9-16(26)24-4-6-29-7-5-24)32-18(12)19(27)23-13-2-3-14-15(8-13)31-11-30-14/h2-3,8,10H,4-7,9,11H2,1H3,(H,23,27). The number of morpholine rings is 1. The number of hydrogen-bond acceptors (Lipinski definition) is 8. The normalized spacial score (nSPS) is 15.2. The van der Waals surface area contributed by atoms with Gasteiger partial charge in [0.15, 0.2) is 11.5 Å².